The maximum absolute atomic E-state index is 5.42. The van der Waals surface area contributed by atoms with Gasteiger partial charge in [-0.3, -0.25) is 0 Å². The van der Waals surface area contributed by atoms with Crippen LogP contribution in [-0.2, 0) is 6.42 Å². The third-order valence-electron chi connectivity index (χ3n) is 4.75. The van der Waals surface area contributed by atoms with E-state index in [1.165, 1.54) is 24.1 Å². The van der Waals surface area contributed by atoms with Crippen molar-refractivity contribution in [3.8, 4) is 11.5 Å². The maximum atomic E-state index is 5.42. The van der Waals surface area contributed by atoms with Crippen LogP contribution in [0, 0.1) is 0 Å². The molecule has 2 aromatic rings. The van der Waals surface area contributed by atoms with Gasteiger partial charge in [0.1, 0.15) is 11.5 Å². The molecule has 0 saturated carbocycles. The van der Waals surface area contributed by atoms with Gasteiger partial charge in [-0.05, 0) is 55.2 Å². The molecule has 0 radical (unpaired) electrons. The van der Waals surface area contributed by atoms with Gasteiger partial charge in [-0.1, -0.05) is 18.2 Å². The third kappa shape index (κ3) is 5.04. The molecule has 0 amide bonds. The number of aryl methyl sites for hydroxylation is 1. The molecule has 2 aromatic carbocycles. The van der Waals surface area contributed by atoms with Crippen LogP contribution in [0.3, 0.4) is 0 Å². The Morgan fingerprint density at radius 1 is 1.15 bits per heavy atom. The Kier molecular flexibility index (Phi) is 6.76. The molecule has 144 valence electrons. The Bertz CT molecular complexity index is 782. The van der Waals surface area contributed by atoms with Crippen LogP contribution in [0.5, 0.6) is 11.5 Å². The van der Waals surface area contributed by atoms with E-state index in [4.69, 9.17) is 21.7 Å². The van der Waals surface area contributed by atoms with E-state index in [2.05, 4.69) is 39.8 Å². The van der Waals surface area contributed by atoms with Crippen molar-refractivity contribution < 1.29 is 9.47 Å². The summed E-state index contributed by atoms with van der Waals surface area (Å²) in [5.74, 6) is 1.45. The summed E-state index contributed by atoms with van der Waals surface area (Å²) in [6.07, 6.45) is 3.43. The van der Waals surface area contributed by atoms with Gasteiger partial charge in [0, 0.05) is 31.4 Å². The Balaban J connectivity index is 1.46. The molecule has 0 saturated heterocycles. The topological polar surface area (TPSA) is 45.8 Å². The van der Waals surface area contributed by atoms with Gasteiger partial charge in [0.15, 0.2) is 5.11 Å². The summed E-state index contributed by atoms with van der Waals surface area (Å²) in [6.45, 7) is 2.98. The fourth-order valence-corrected chi connectivity index (χ4v) is 3.60. The molecule has 0 aromatic heterocycles. The summed E-state index contributed by atoms with van der Waals surface area (Å²) in [5.41, 5.74) is 3.66. The van der Waals surface area contributed by atoms with Crippen molar-refractivity contribution in [2.24, 2.45) is 0 Å². The second kappa shape index (κ2) is 9.46. The van der Waals surface area contributed by atoms with Crippen molar-refractivity contribution >= 4 is 28.7 Å². The van der Waals surface area contributed by atoms with Crippen LogP contribution in [0.4, 0.5) is 11.4 Å². The quantitative estimate of drug-likeness (QED) is 0.558. The van der Waals surface area contributed by atoms with Gasteiger partial charge < -0.3 is 25.0 Å². The largest absolute Gasteiger partial charge is 0.497 e. The molecule has 0 atom stereocenters. The highest BCUT2D eigenvalue weighted by molar-refractivity contribution is 7.80. The Morgan fingerprint density at radius 2 is 2.00 bits per heavy atom. The molecule has 0 unspecified atom stereocenters. The van der Waals surface area contributed by atoms with Crippen LogP contribution >= 0.6 is 12.2 Å². The monoisotopic (exact) mass is 385 g/mol. The van der Waals surface area contributed by atoms with Crippen molar-refractivity contribution in [3.63, 3.8) is 0 Å². The first-order chi connectivity index (χ1) is 13.2. The van der Waals surface area contributed by atoms with E-state index < -0.39 is 0 Å². The van der Waals surface area contributed by atoms with E-state index in [1.807, 2.05) is 18.2 Å². The van der Waals surface area contributed by atoms with Gasteiger partial charge in [0.25, 0.3) is 0 Å². The van der Waals surface area contributed by atoms with E-state index >= 15 is 0 Å². The zero-order valence-corrected chi connectivity index (χ0v) is 16.8. The molecule has 0 bridgehead atoms. The van der Waals surface area contributed by atoms with E-state index in [0.29, 0.717) is 10.9 Å². The molecule has 0 aliphatic carbocycles. The van der Waals surface area contributed by atoms with Gasteiger partial charge in [-0.15, -0.1) is 0 Å². The standard InChI is InChI=1S/C21H27N3O2S/c1-25-17-10-11-18(20(15-17)26-2)23-21(27)22-12-6-14-24-13-5-8-16-7-3-4-9-19(16)24/h3-4,7,9-11,15H,5-6,8,12-14H2,1-2H3,(H2,22,23,27). The number of hydrogen-bond donors (Lipinski definition) is 2. The summed E-state index contributed by atoms with van der Waals surface area (Å²) >= 11 is 5.42. The Labute approximate surface area is 166 Å². The maximum Gasteiger partial charge on any atom is 0.170 e. The molecule has 3 rings (SSSR count). The average Bonchev–Trinajstić information content (AvgIpc) is 2.71. The lowest BCUT2D eigenvalue weighted by Gasteiger charge is -2.31. The number of rotatable bonds is 7. The number of fused-ring (bicyclic) bond motifs is 1. The lowest BCUT2D eigenvalue weighted by atomic mass is 10.0. The fraction of sp³-hybridized carbons (Fsp3) is 0.381. The minimum atomic E-state index is 0.595. The van der Waals surface area contributed by atoms with E-state index in [-0.39, 0.29) is 0 Å². The first-order valence-corrected chi connectivity index (χ1v) is 9.72. The number of benzene rings is 2. The van der Waals surface area contributed by atoms with Crippen molar-refractivity contribution in [1.29, 1.82) is 0 Å². The summed E-state index contributed by atoms with van der Waals surface area (Å²) in [6, 6.07) is 14.3. The number of nitrogens with zero attached hydrogens (tertiary/aromatic N) is 1. The van der Waals surface area contributed by atoms with Crippen LogP contribution in [0.25, 0.3) is 0 Å². The average molecular weight is 386 g/mol. The molecule has 0 spiro atoms. The summed E-state index contributed by atoms with van der Waals surface area (Å²) in [4.78, 5) is 2.48. The molecule has 1 heterocycles. The van der Waals surface area contributed by atoms with E-state index in [0.717, 1.165) is 37.5 Å². The fourth-order valence-electron chi connectivity index (χ4n) is 3.38. The van der Waals surface area contributed by atoms with Gasteiger partial charge in [-0.2, -0.15) is 0 Å². The minimum absolute atomic E-state index is 0.595. The normalized spacial score (nSPS) is 12.9. The van der Waals surface area contributed by atoms with Crippen molar-refractivity contribution in [2.45, 2.75) is 19.3 Å². The molecule has 2 N–H and O–H groups in total. The predicted octanol–water partition coefficient (Wildman–Crippen LogP) is 3.83. The highest BCUT2D eigenvalue weighted by Crippen LogP contribution is 2.29. The highest BCUT2D eigenvalue weighted by atomic mass is 32.1. The van der Waals surface area contributed by atoms with E-state index in [9.17, 15) is 0 Å². The van der Waals surface area contributed by atoms with Gasteiger partial charge in [-0.25, -0.2) is 0 Å². The number of thiocarbonyl (C=S) groups is 1. The number of ether oxygens (including phenoxy) is 2. The molecule has 1 aliphatic rings. The van der Waals surface area contributed by atoms with Gasteiger partial charge in [0.2, 0.25) is 0 Å². The van der Waals surface area contributed by atoms with Crippen molar-refractivity contribution in [3.05, 3.63) is 48.0 Å². The summed E-state index contributed by atoms with van der Waals surface area (Å²) < 4.78 is 10.6. The smallest absolute Gasteiger partial charge is 0.170 e. The molecular weight excluding hydrogens is 358 g/mol. The number of hydrogen-bond acceptors (Lipinski definition) is 4. The zero-order valence-electron chi connectivity index (χ0n) is 16.0. The lowest BCUT2D eigenvalue weighted by Crippen LogP contribution is -2.34. The van der Waals surface area contributed by atoms with Crippen molar-refractivity contribution in [2.75, 3.05) is 44.1 Å². The second-order valence-corrected chi connectivity index (χ2v) is 6.93. The first-order valence-electron chi connectivity index (χ1n) is 9.31. The van der Waals surface area contributed by atoms with Gasteiger partial charge in [0.05, 0.1) is 19.9 Å². The zero-order chi connectivity index (χ0) is 19.1. The second-order valence-electron chi connectivity index (χ2n) is 6.52. The number of para-hydroxylation sites is 1. The van der Waals surface area contributed by atoms with Crippen LogP contribution in [0.1, 0.15) is 18.4 Å². The summed E-state index contributed by atoms with van der Waals surface area (Å²) in [7, 11) is 3.27. The summed E-state index contributed by atoms with van der Waals surface area (Å²) in [5, 5.41) is 7.07. The number of anilines is 2. The molecule has 5 nitrogen and oxygen atoms in total. The molecule has 6 heteroatoms. The van der Waals surface area contributed by atoms with Crippen LogP contribution in [0.2, 0.25) is 0 Å². The van der Waals surface area contributed by atoms with Crippen LogP contribution in [0.15, 0.2) is 42.5 Å². The van der Waals surface area contributed by atoms with Crippen molar-refractivity contribution in [1.82, 2.24) is 5.32 Å². The van der Waals surface area contributed by atoms with Gasteiger partial charge >= 0.3 is 0 Å². The Hall–Kier alpha value is -2.47. The minimum Gasteiger partial charge on any atom is -0.497 e. The van der Waals surface area contributed by atoms with Crippen LogP contribution < -0.4 is 25.0 Å². The number of nitrogens with one attached hydrogen (secondary N) is 2. The SMILES string of the molecule is COc1ccc(NC(=S)NCCCN2CCCc3ccccc32)c(OC)c1. The van der Waals surface area contributed by atoms with Crippen LogP contribution in [-0.4, -0.2) is 39.0 Å². The van der Waals surface area contributed by atoms with E-state index in [1.54, 1.807) is 14.2 Å². The number of methoxy groups -OCH3 is 2. The molecule has 0 fully saturated rings. The Morgan fingerprint density at radius 3 is 2.81 bits per heavy atom. The first kappa shape index (κ1) is 19.3. The molecule has 1 aliphatic heterocycles. The predicted molar refractivity (Wildman–Crippen MR) is 115 cm³/mol. The lowest BCUT2D eigenvalue weighted by molar-refractivity contribution is 0.395. The third-order valence-corrected chi connectivity index (χ3v) is 5.00. The molecular formula is C21H27N3O2S. The highest BCUT2D eigenvalue weighted by Gasteiger charge is 2.15. The molecule has 27 heavy (non-hydrogen) atoms.